The van der Waals surface area contributed by atoms with Crippen molar-refractivity contribution in [1.29, 1.82) is 0 Å². The Morgan fingerprint density at radius 2 is 2.00 bits per heavy atom. The molecule has 1 aliphatic rings. The van der Waals surface area contributed by atoms with E-state index in [2.05, 4.69) is 15.3 Å². The Kier molecular flexibility index (Phi) is 6.21. The molecule has 1 amide bonds. The van der Waals surface area contributed by atoms with Crippen molar-refractivity contribution in [3.63, 3.8) is 0 Å². The molecular weight excluding hydrogens is 475 g/mol. The fraction of sp³-hybridized carbons (Fsp3) is 0.286. The first-order valence-electron chi connectivity index (χ1n) is 10.1. The number of imidazole rings is 1. The van der Waals surface area contributed by atoms with Gasteiger partial charge in [0.1, 0.15) is 17.3 Å². The van der Waals surface area contributed by atoms with Crippen LogP contribution in [-0.4, -0.2) is 43.0 Å². The molecule has 9 nitrogen and oxygen atoms in total. The molecule has 0 aliphatic carbocycles. The van der Waals surface area contributed by atoms with Gasteiger partial charge in [0.25, 0.3) is 15.9 Å². The number of carbonyl (C=O) groups is 1. The van der Waals surface area contributed by atoms with E-state index in [9.17, 15) is 22.0 Å². The summed E-state index contributed by atoms with van der Waals surface area (Å²) in [5.41, 5.74) is 0.0931. The summed E-state index contributed by atoms with van der Waals surface area (Å²) in [6.07, 6.45) is 2.85. The number of sulfonamides is 1. The maximum atomic E-state index is 15.4. The summed E-state index contributed by atoms with van der Waals surface area (Å²) < 4.78 is 77.9. The first kappa shape index (κ1) is 23.5. The van der Waals surface area contributed by atoms with Crippen molar-refractivity contribution in [3.8, 4) is 5.88 Å². The second-order valence-corrected chi connectivity index (χ2v) is 9.25. The van der Waals surface area contributed by atoms with Gasteiger partial charge in [-0.3, -0.25) is 9.52 Å². The van der Waals surface area contributed by atoms with Crippen LogP contribution in [0.2, 0.25) is 0 Å². The number of amides is 1. The number of rotatable bonds is 6. The van der Waals surface area contributed by atoms with Gasteiger partial charge in [-0.15, -0.1) is 0 Å². The third kappa shape index (κ3) is 4.18. The standard InChI is InChI=1S/C21H20F3N5O4S/c1-25-20(30)19-15-6-3-11(9-29(15)10-27-19)17-13(23)4-5-14(18(17)24)28-34(31,32)16-7-12(22)8-26-21(16)33-2/h4-5,7-8,10-11,28H,3,6,9H2,1-2H3,(H,25,30)/t11-/m0/s1. The molecule has 3 aromatic rings. The molecule has 0 spiro atoms. The number of ether oxygens (including phenoxy) is 1. The lowest BCUT2D eigenvalue weighted by atomic mass is 9.89. The number of anilines is 1. The molecule has 1 atom stereocenters. The maximum Gasteiger partial charge on any atom is 0.271 e. The highest BCUT2D eigenvalue weighted by Gasteiger charge is 2.31. The molecular formula is C21H20F3N5O4S. The molecule has 2 aromatic heterocycles. The summed E-state index contributed by atoms with van der Waals surface area (Å²) >= 11 is 0. The zero-order valence-corrected chi connectivity index (χ0v) is 18.9. The fourth-order valence-electron chi connectivity index (χ4n) is 3.99. The van der Waals surface area contributed by atoms with Crippen LogP contribution in [0.5, 0.6) is 5.88 Å². The summed E-state index contributed by atoms with van der Waals surface area (Å²) in [6, 6.07) is 2.58. The smallest absolute Gasteiger partial charge is 0.271 e. The fourth-order valence-corrected chi connectivity index (χ4v) is 5.18. The molecule has 0 fully saturated rings. The molecule has 1 aromatic carbocycles. The van der Waals surface area contributed by atoms with Crippen LogP contribution in [-0.2, 0) is 23.0 Å². The number of aromatic nitrogens is 3. The Hall–Kier alpha value is -3.61. The minimum atomic E-state index is -4.52. The van der Waals surface area contributed by atoms with E-state index in [1.54, 1.807) is 4.57 Å². The molecule has 0 saturated heterocycles. The Balaban J connectivity index is 1.67. The minimum absolute atomic E-state index is 0.144. The molecule has 0 saturated carbocycles. The van der Waals surface area contributed by atoms with Crippen molar-refractivity contribution in [2.24, 2.45) is 0 Å². The zero-order chi connectivity index (χ0) is 24.6. The number of pyridine rings is 1. The lowest BCUT2D eigenvalue weighted by molar-refractivity contribution is 0.0957. The number of methoxy groups -OCH3 is 1. The first-order chi connectivity index (χ1) is 16.2. The number of halogens is 3. The van der Waals surface area contributed by atoms with E-state index in [0.717, 1.165) is 25.4 Å². The van der Waals surface area contributed by atoms with Crippen LogP contribution in [0.15, 0.2) is 35.6 Å². The van der Waals surface area contributed by atoms with Gasteiger partial charge in [-0.1, -0.05) is 0 Å². The highest BCUT2D eigenvalue weighted by molar-refractivity contribution is 7.92. The van der Waals surface area contributed by atoms with Crippen molar-refractivity contribution in [2.75, 3.05) is 18.9 Å². The highest BCUT2D eigenvalue weighted by atomic mass is 32.2. The predicted octanol–water partition coefficient (Wildman–Crippen LogP) is 2.59. The Morgan fingerprint density at radius 3 is 2.71 bits per heavy atom. The zero-order valence-electron chi connectivity index (χ0n) is 18.1. The van der Waals surface area contributed by atoms with Crippen LogP contribution < -0.4 is 14.8 Å². The van der Waals surface area contributed by atoms with Crippen LogP contribution in [0.25, 0.3) is 0 Å². The van der Waals surface area contributed by atoms with E-state index >= 15 is 4.39 Å². The van der Waals surface area contributed by atoms with Crippen molar-refractivity contribution in [3.05, 3.63) is 65.1 Å². The van der Waals surface area contributed by atoms with E-state index in [1.807, 2.05) is 4.72 Å². The number of fused-ring (bicyclic) bond motifs is 1. The van der Waals surface area contributed by atoms with E-state index < -0.39 is 44.0 Å². The number of nitrogens with one attached hydrogen (secondary N) is 2. The summed E-state index contributed by atoms with van der Waals surface area (Å²) in [6.45, 7) is 0.144. The normalized spacial score (nSPS) is 15.5. The first-order valence-corrected chi connectivity index (χ1v) is 11.6. The predicted molar refractivity (Wildman–Crippen MR) is 115 cm³/mol. The molecule has 3 heterocycles. The second-order valence-electron chi connectivity index (χ2n) is 7.60. The largest absolute Gasteiger partial charge is 0.480 e. The number of hydrogen-bond acceptors (Lipinski definition) is 6. The summed E-state index contributed by atoms with van der Waals surface area (Å²) in [4.78, 5) is 19.0. The Labute approximate surface area is 193 Å². The van der Waals surface area contributed by atoms with Crippen molar-refractivity contribution < 1.29 is 31.1 Å². The molecule has 4 rings (SSSR count). The Morgan fingerprint density at radius 1 is 1.24 bits per heavy atom. The van der Waals surface area contributed by atoms with E-state index in [-0.39, 0.29) is 29.6 Å². The molecule has 2 N–H and O–H groups in total. The number of carbonyl (C=O) groups excluding carboxylic acids is 1. The molecule has 0 radical (unpaired) electrons. The second kappa shape index (κ2) is 8.97. The molecule has 0 unspecified atom stereocenters. The molecule has 180 valence electrons. The van der Waals surface area contributed by atoms with Crippen LogP contribution >= 0.6 is 0 Å². The van der Waals surface area contributed by atoms with Crippen LogP contribution in [0.4, 0.5) is 18.9 Å². The minimum Gasteiger partial charge on any atom is -0.480 e. The van der Waals surface area contributed by atoms with E-state index in [4.69, 9.17) is 4.74 Å². The average Bonchev–Trinajstić information content (AvgIpc) is 3.24. The van der Waals surface area contributed by atoms with Gasteiger partial charge in [0, 0.05) is 31.1 Å². The average molecular weight is 495 g/mol. The monoisotopic (exact) mass is 495 g/mol. The van der Waals surface area contributed by atoms with Gasteiger partial charge in [-0.25, -0.2) is 31.6 Å². The van der Waals surface area contributed by atoms with Gasteiger partial charge in [0.05, 0.1) is 31.0 Å². The van der Waals surface area contributed by atoms with Gasteiger partial charge < -0.3 is 14.6 Å². The molecule has 34 heavy (non-hydrogen) atoms. The third-order valence-electron chi connectivity index (χ3n) is 5.58. The number of benzene rings is 1. The van der Waals surface area contributed by atoms with Crippen molar-refractivity contribution >= 4 is 21.6 Å². The highest BCUT2D eigenvalue weighted by Crippen LogP contribution is 2.36. The molecule has 1 aliphatic heterocycles. The number of hydrogen-bond donors (Lipinski definition) is 2. The van der Waals surface area contributed by atoms with Crippen LogP contribution in [0.1, 0.15) is 34.1 Å². The van der Waals surface area contributed by atoms with E-state index in [0.29, 0.717) is 24.6 Å². The molecule has 13 heteroatoms. The number of nitrogens with zero attached hydrogens (tertiary/aromatic N) is 3. The third-order valence-corrected chi connectivity index (χ3v) is 6.94. The SMILES string of the molecule is CNC(=O)c1ncn2c1CC[C@H](c1c(F)ccc(NS(=O)(=O)c3cc(F)cnc3OC)c1F)C2. The quantitative estimate of drug-likeness (QED) is 0.543. The summed E-state index contributed by atoms with van der Waals surface area (Å²) in [7, 11) is -1.89. The topological polar surface area (TPSA) is 115 Å². The van der Waals surface area contributed by atoms with Gasteiger partial charge in [0.15, 0.2) is 10.7 Å². The van der Waals surface area contributed by atoms with Crippen LogP contribution in [0, 0.1) is 17.5 Å². The van der Waals surface area contributed by atoms with Crippen molar-refractivity contribution in [1.82, 2.24) is 19.9 Å². The van der Waals surface area contributed by atoms with Gasteiger partial charge in [-0.2, -0.15) is 0 Å². The Bertz CT molecular complexity index is 1380. The lowest BCUT2D eigenvalue weighted by Gasteiger charge is -2.26. The van der Waals surface area contributed by atoms with Gasteiger partial charge in [-0.05, 0) is 25.0 Å². The van der Waals surface area contributed by atoms with Crippen LogP contribution in [0.3, 0.4) is 0 Å². The van der Waals surface area contributed by atoms with Gasteiger partial charge >= 0.3 is 0 Å². The summed E-state index contributed by atoms with van der Waals surface area (Å²) in [5.74, 6) is -4.26. The van der Waals surface area contributed by atoms with Crippen molar-refractivity contribution in [2.45, 2.75) is 30.2 Å². The molecule has 0 bridgehead atoms. The summed E-state index contributed by atoms with van der Waals surface area (Å²) in [5, 5.41) is 2.50. The maximum absolute atomic E-state index is 15.4. The lowest BCUT2D eigenvalue weighted by Crippen LogP contribution is -2.25. The van der Waals surface area contributed by atoms with Gasteiger partial charge in [0.2, 0.25) is 5.88 Å². The van der Waals surface area contributed by atoms with E-state index in [1.165, 1.54) is 13.4 Å².